The molecule has 9 aromatic rings. The summed E-state index contributed by atoms with van der Waals surface area (Å²) in [4.78, 5) is 4.91. The molecule has 0 aliphatic heterocycles. The van der Waals surface area contributed by atoms with Crippen molar-refractivity contribution in [3.8, 4) is 22.6 Å². The summed E-state index contributed by atoms with van der Waals surface area (Å²) in [6.45, 7) is 0. The van der Waals surface area contributed by atoms with Crippen molar-refractivity contribution in [1.82, 2.24) is 18.5 Å². The highest BCUT2D eigenvalue weighted by Crippen LogP contribution is 2.41. The number of pyridine rings is 1. The number of imidazole rings is 1. The third-order valence-corrected chi connectivity index (χ3v) is 8.25. The Morgan fingerprint density at radius 1 is 0.463 bits per heavy atom. The first-order chi connectivity index (χ1) is 20.3. The number of nitrogens with zero attached hydrogens (tertiary/aromatic N) is 4. The van der Waals surface area contributed by atoms with E-state index in [0.29, 0.717) is 0 Å². The molecule has 0 atom stereocenters. The highest BCUT2D eigenvalue weighted by atomic mass is 15.0. The predicted octanol–water partition coefficient (Wildman–Crippen LogP) is 9.20. The molecule has 192 valence electrons. The van der Waals surface area contributed by atoms with Crippen LogP contribution in [0.2, 0.25) is 0 Å². The van der Waals surface area contributed by atoms with Gasteiger partial charge in [0.15, 0.2) is 0 Å². The molecule has 0 N–H and O–H groups in total. The molecule has 4 heteroatoms. The minimum absolute atomic E-state index is 0.943. The Labute approximate surface area is 236 Å². The van der Waals surface area contributed by atoms with Crippen LogP contribution in [0, 0.1) is 0 Å². The molecular formula is C37H24N4. The second-order valence-electron chi connectivity index (χ2n) is 10.5. The Balaban J connectivity index is 1.43. The van der Waals surface area contributed by atoms with Crippen LogP contribution in [0.4, 0.5) is 0 Å². The standard InChI is InChI=1S/C37H24N4/c1-2-12-26(13-3-1)40-33-17-6-4-15-28(33)30-20-21-31-29-16-5-7-18-34(29)41(37(31)36(30)40)27-14-10-11-25(23-27)32-24-39-22-9-8-19-35(39)38-32/h1-24H. The van der Waals surface area contributed by atoms with Crippen LogP contribution in [-0.2, 0) is 0 Å². The quantitative estimate of drug-likeness (QED) is 0.226. The largest absolute Gasteiger partial charge is 0.307 e. The summed E-state index contributed by atoms with van der Waals surface area (Å²) in [5, 5.41) is 4.99. The summed E-state index contributed by atoms with van der Waals surface area (Å²) in [5.41, 5.74) is 10.1. The second kappa shape index (κ2) is 8.44. The van der Waals surface area contributed by atoms with Gasteiger partial charge in [-0.05, 0) is 48.5 Å². The molecule has 0 unspecified atom stereocenters. The molecule has 9 rings (SSSR count). The Kier molecular flexibility index (Phi) is 4.58. The van der Waals surface area contributed by atoms with Gasteiger partial charge in [0, 0.05) is 50.9 Å². The van der Waals surface area contributed by atoms with E-state index < -0.39 is 0 Å². The second-order valence-corrected chi connectivity index (χ2v) is 10.5. The van der Waals surface area contributed by atoms with Gasteiger partial charge in [-0.2, -0.15) is 0 Å². The molecule has 4 nitrogen and oxygen atoms in total. The van der Waals surface area contributed by atoms with Gasteiger partial charge in [0.1, 0.15) is 5.65 Å². The van der Waals surface area contributed by atoms with E-state index in [9.17, 15) is 0 Å². The molecule has 0 bridgehead atoms. The summed E-state index contributed by atoms with van der Waals surface area (Å²) < 4.78 is 6.93. The Morgan fingerprint density at radius 2 is 1.07 bits per heavy atom. The topological polar surface area (TPSA) is 27.2 Å². The minimum Gasteiger partial charge on any atom is -0.307 e. The van der Waals surface area contributed by atoms with Gasteiger partial charge in [-0.25, -0.2) is 4.98 Å². The van der Waals surface area contributed by atoms with Crippen LogP contribution >= 0.6 is 0 Å². The van der Waals surface area contributed by atoms with Crippen LogP contribution in [0.1, 0.15) is 0 Å². The first kappa shape index (κ1) is 22.2. The highest BCUT2D eigenvalue weighted by molar-refractivity contribution is 6.23. The lowest BCUT2D eigenvalue weighted by atomic mass is 10.1. The van der Waals surface area contributed by atoms with Gasteiger partial charge in [-0.15, -0.1) is 0 Å². The molecule has 0 fully saturated rings. The van der Waals surface area contributed by atoms with E-state index in [2.05, 4.69) is 135 Å². The first-order valence-corrected chi connectivity index (χ1v) is 13.9. The average Bonchev–Trinajstić information content (AvgIpc) is 3.72. The number of fused-ring (bicyclic) bond motifs is 8. The van der Waals surface area contributed by atoms with Gasteiger partial charge in [0.2, 0.25) is 0 Å². The lowest BCUT2D eigenvalue weighted by molar-refractivity contribution is 1.15. The van der Waals surface area contributed by atoms with Crippen LogP contribution in [0.3, 0.4) is 0 Å². The Hall–Kier alpha value is -5.61. The van der Waals surface area contributed by atoms with Crippen molar-refractivity contribution in [1.29, 1.82) is 0 Å². The van der Waals surface area contributed by atoms with Crippen molar-refractivity contribution in [3.63, 3.8) is 0 Å². The van der Waals surface area contributed by atoms with E-state index in [0.717, 1.165) is 28.3 Å². The molecule has 0 spiro atoms. The monoisotopic (exact) mass is 524 g/mol. The van der Waals surface area contributed by atoms with Crippen LogP contribution in [0.15, 0.2) is 146 Å². The fraction of sp³-hybridized carbons (Fsp3) is 0. The molecule has 0 saturated carbocycles. The maximum atomic E-state index is 4.91. The van der Waals surface area contributed by atoms with Gasteiger partial charge >= 0.3 is 0 Å². The number of hydrogen-bond donors (Lipinski definition) is 0. The van der Waals surface area contributed by atoms with Crippen molar-refractivity contribution in [2.75, 3.05) is 0 Å². The van der Waals surface area contributed by atoms with E-state index in [4.69, 9.17) is 4.98 Å². The van der Waals surface area contributed by atoms with Crippen molar-refractivity contribution in [3.05, 3.63) is 146 Å². The van der Waals surface area contributed by atoms with E-state index in [-0.39, 0.29) is 0 Å². The molecule has 41 heavy (non-hydrogen) atoms. The van der Waals surface area contributed by atoms with Gasteiger partial charge in [0.05, 0.1) is 27.8 Å². The molecule has 0 aliphatic carbocycles. The maximum Gasteiger partial charge on any atom is 0.137 e. The lowest BCUT2D eigenvalue weighted by Crippen LogP contribution is -1.98. The zero-order valence-electron chi connectivity index (χ0n) is 22.1. The van der Waals surface area contributed by atoms with Crippen LogP contribution in [0.25, 0.3) is 71.9 Å². The van der Waals surface area contributed by atoms with Crippen molar-refractivity contribution < 1.29 is 0 Å². The number of aromatic nitrogens is 4. The van der Waals surface area contributed by atoms with Gasteiger partial charge < -0.3 is 13.5 Å². The Morgan fingerprint density at radius 3 is 1.78 bits per heavy atom. The van der Waals surface area contributed by atoms with E-state index in [1.165, 1.54) is 43.6 Å². The van der Waals surface area contributed by atoms with Crippen molar-refractivity contribution in [2.24, 2.45) is 0 Å². The number of hydrogen-bond acceptors (Lipinski definition) is 1. The number of rotatable bonds is 3. The molecule has 0 amide bonds. The Bertz CT molecular complexity index is 2390. The molecule has 0 saturated heterocycles. The third kappa shape index (κ3) is 3.19. The van der Waals surface area contributed by atoms with E-state index >= 15 is 0 Å². The summed E-state index contributed by atoms with van der Waals surface area (Å²) >= 11 is 0. The smallest absolute Gasteiger partial charge is 0.137 e. The molecule has 4 aromatic heterocycles. The summed E-state index contributed by atoms with van der Waals surface area (Å²) in [6.07, 6.45) is 4.15. The SMILES string of the molecule is c1ccc(-n2c3ccccc3c3ccc4c5ccccc5n(-c5cccc(-c6cn7ccccc7n6)c5)c4c32)cc1. The fourth-order valence-electron chi connectivity index (χ4n) is 6.49. The van der Waals surface area contributed by atoms with Crippen molar-refractivity contribution >= 4 is 49.3 Å². The van der Waals surface area contributed by atoms with Gasteiger partial charge in [0.25, 0.3) is 0 Å². The van der Waals surface area contributed by atoms with Crippen LogP contribution < -0.4 is 0 Å². The molecule has 0 aliphatic rings. The first-order valence-electron chi connectivity index (χ1n) is 13.9. The lowest BCUT2D eigenvalue weighted by Gasteiger charge is -2.13. The average molecular weight is 525 g/mol. The van der Waals surface area contributed by atoms with Crippen LogP contribution in [-0.4, -0.2) is 18.5 Å². The summed E-state index contributed by atoms with van der Waals surface area (Å²) in [7, 11) is 0. The van der Waals surface area contributed by atoms with Crippen LogP contribution in [0.5, 0.6) is 0 Å². The number of benzene rings is 5. The third-order valence-electron chi connectivity index (χ3n) is 8.25. The van der Waals surface area contributed by atoms with Gasteiger partial charge in [-0.1, -0.05) is 84.9 Å². The fourth-order valence-corrected chi connectivity index (χ4v) is 6.49. The zero-order chi connectivity index (χ0) is 26.9. The zero-order valence-corrected chi connectivity index (χ0v) is 22.1. The van der Waals surface area contributed by atoms with Crippen molar-refractivity contribution in [2.45, 2.75) is 0 Å². The van der Waals surface area contributed by atoms with E-state index in [1.54, 1.807) is 0 Å². The number of para-hydroxylation sites is 3. The maximum absolute atomic E-state index is 4.91. The molecule has 4 heterocycles. The molecule has 0 radical (unpaired) electrons. The summed E-state index contributed by atoms with van der Waals surface area (Å²) in [6, 6.07) is 47.6. The normalized spacial score (nSPS) is 11.9. The summed E-state index contributed by atoms with van der Waals surface area (Å²) in [5.74, 6) is 0. The van der Waals surface area contributed by atoms with Gasteiger partial charge in [-0.3, -0.25) is 0 Å². The predicted molar refractivity (Wildman–Crippen MR) is 169 cm³/mol. The molecule has 5 aromatic carbocycles. The van der Waals surface area contributed by atoms with E-state index in [1.807, 2.05) is 24.4 Å². The minimum atomic E-state index is 0.943. The highest BCUT2D eigenvalue weighted by Gasteiger charge is 2.21. The molecular weight excluding hydrogens is 500 g/mol.